The van der Waals surface area contributed by atoms with Gasteiger partial charge in [-0.3, -0.25) is 15.0 Å². The second-order valence-electron chi connectivity index (χ2n) is 6.23. The van der Waals surface area contributed by atoms with Gasteiger partial charge < -0.3 is 5.73 Å². The van der Waals surface area contributed by atoms with Crippen LogP contribution in [0.3, 0.4) is 0 Å². The number of nitrogens with zero attached hydrogens (tertiary/aromatic N) is 1. The lowest BCUT2D eigenvalue weighted by molar-refractivity contribution is -0.126. The minimum absolute atomic E-state index is 0.176. The van der Waals surface area contributed by atoms with Crippen LogP contribution in [-0.2, 0) is 10.3 Å². The van der Waals surface area contributed by atoms with Gasteiger partial charge in [0.05, 0.1) is 0 Å². The molecule has 1 aliphatic carbocycles. The first-order valence-electron chi connectivity index (χ1n) is 7.86. The van der Waals surface area contributed by atoms with E-state index in [1.165, 1.54) is 12.8 Å². The maximum Gasteiger partial charge on any atom is 0.243 e. The van der Waals surface area contributed by atoms with E-state index in [2.05, 4.69) is 17.1 Å². The summed E-state index contributed by atoms with van der Waals surface area (Å²) in [6.45, 7) is 7.81. The molecule has 4 heteroatoms. The third-order valence-corrected chi connectivity index (χ3v) is 4.13. The molecule has 116 valence electrons. The van der Waals surface area contributed by atoms with Crippen molar-refractivity contribution in [1.82, 2.24) is 10.2 Å². The fourth-order valence-electron chi connectivity index (χ4n) is 2.97. The topological polar surface area (TPSA) is 58.4 Å². The summed E-state index contributed by atoms with van der Waals surface area (Å²) in [4.78, 5) is 14.8. The molecule has 3 N–H and O–H groups in total. The Morgan fingerprint density at radius 1 is 1.38 bits per heavy atom. The largest absolute Gasteiger partial charge is 0.368 e. The molecular formula is C17H27N3O. The van der Waals surface area contributed by atoms with Crippen LogP contribution in [0.5, 0.6) is 0 Å². The number of hydrogen-bond acceptors (Lipinski definition) is 3. The Labute approximate surface area is 127 Å². The third kappa shape index (κ3) is 3.63. The van der Waals surface area contributed by atoms with Crippen molar-refractivity contribution in [2.75, 3.05) is 13.1 Å². The van der Waals surface area contributed by atoms with Crippen molar-refractivity contribution in [2.24, 2.45) is 5.73 Å². The fraction of sp³-hybridized carbons (Fsp3) is 0.588. The van der Waals surface area contributed by atoms with E-state index in [1.54, 1.807) is 0 Å². The van der Waals surface area contributed by atoms with Crippen molar-refractivity contribution in [3.8, 4) is 0 Å². The molecule has 1 atom stereocenters. The second kappa shape index (κ2) is 6.58. The van der Waals surface area contributed by atoms with Crippen LogP contribution in [0.15, 0.2) is 30.3 Å². The minimum atomic E-state index is -0.825. The number of hydrogen-bond donors (Lipinski definition) is 2. The number of nitrogens with one attached hydrogen (secondary N) is 1. The number of primary amides is 1. The van der Waals surface area contributed by atoms with E-state index in [0.29, 0.717) is 12.6 Å². The van der Waals surface area contributed by atoms with Gasteiger partial charge in [-0.05, 0) is 38.8 Å². The lowest BCUT2D eigenvalue weighted by Gasteiger charge is -2.38. The number of likely N-dealkylation sites (N-methyl/N-ethyl adjacent to an activating group) is 1. The predicted molar refractivity (Wildman–Crippen MR) is 85.9 cm³/mol. The molecule has 0 spiro atoms. The van der Waals surface area contributed by atoms with Gasteiger partial charge in [0.15, 0.2) is 0 Å². The van der Waals surface area contributed by atoms with Gasteiger partial charge in [-0.2, -0.15) is 0 Å². The Morgan fingerprint density at radius 2 is 2.00 bits per heavy atom. The first-order valence-corrected chi connectivity index (χ1v) is 7.86. The Kier molecular flexibility index (Phi) is 5.01. The molecule has 0 radical (unpaired) electrons. The van der Waals surface area contributed by atoms with Crippen LogP contribution in [0.2, 0.25) is 0 Å². The zero-order valence-electron chi connectivity index (χ0n) is 13.3. The van der Waals surface area contributed by atoms with Gasteiger partial charge in [-0.15, -0.1) is 0 Å². The van der Waals surface area contributed by atoms with Crippen LogP contribution in [0.25, 0.3) is 0 Å². The number of carbonyl (C=O) groups is 1. The van der Waals surface area contributed by atoms with Gasteiger partial charge in [0, 0.05) is 18.6 Å². The Morgan fingerprint density at radius 3 is 2.43 bits per heavy atom. The number of benzene rings is 1. The molecule has 1 fully saturated rings. The monoisotopic (exact) mass is 289 g/mol. The first-order chi connectivity index (χ1) is 9.99. The molecule has 1 saturated carbocycles. The summed E-state index contributed by atoms with van der Waals surface area (Å²) < 4.78 is 0. The van der Waals surface area contributed by atoms with E-state index in [1.807, 2.05) is 44.2 Å². The van der Waals surface area contributed by atoms with Crippen LogP contribution in [0.1, 0.15) is 39.2 Å². The van der Waals surface area contributed by atoms with E-state index in [-0.39, 0.29) is 11.9 Å². The van der Waals surface area contributed by atoms with Gasteiger partial charge >= 0.3 is 0 Å². The number of nitrogens with two attached hydrogens (primary N) is 1. The summed E-state index contributed by atoms with van der Waals surface area (Å²) in [5.74, 6) is -0.304. The molecule has 1 unspecified atom stereocenters. The standard InChI is InChI=1S/C17H27N3O/c1-4-20(15-10-11-15)12-17(16(18)21,19-13(2)3)14-8-6-5-7-9-14/h5-9,13,15,19H,4,10-12H2,1-3H3,(H2,18,21). The highest BCUT2D eigenvalue weighted by Crippen LogP contribution is 2.31. The third-order valence-electron chi connectivity index (χ3n) is 4.13. The smallest absolute Gasteiger partial charge is 0.243 e. The molecule has 1 amide bonds. The predicted octanol–water partition coefficient (Wildman–Crippen LogP) is 1.85. The van der Waals surface area contributed by atoms with Crippen LogP contribution >= 0.6 is 0 Å². The van der Waals surface area contributed by atoms with Gasteiger partial charge in [0.2, 0.25) is 5.91 Å². The molecule has 0 bridgehead atoms. The van der Waals surface area contributed by atoms with Crippen molar-refractivity contribution in [3.05, 3.63) is 35.9 Å². The molecule has 0 saturated heterocycles. The molecule has 1 aliphatic rings. The molecule has 0 heterocycles. The summed E-state index contributed by atoms with van der Waals surface area (Å²) >= 11 is 0. The van der Waals surface area contributed by atoms with Gasteiger partial charge in [0.1, 0.15) is 5.54 Å². The molecule has 2 rings (SSSR count). The summed E-state index contributed by atoms with van der Waals surface area (Å²) in [6, 6.07) is 10.6. The SMILES string of the molecule is CCN(CC(NC(C)C)(C(N)=O)c1ccccc1)C1CC1. The second-order valence-corrected chi connectivity index (χ2v) is 6.23. The molecule has 0 aromatic heterocycles. The zero-order valence-corrected chi connectivity index (χ0v) is 13.3. The summed E-state index contributed by atoms with van der Waals surface area (Å²) in [6.07, 6.45) is 2.44. The summed E-state index contributed by atoms with van der Waals surface area (Å²) in [5, 5.41) is 3.44. The quantitative estimate of drug-likeness (QED) is 0.768. The summed E-state index contributed by atoms with van der Waals surface area (Å²) in [5.41, 5.74) is 5.97. The van der Waals surface area contributed by atoms with Gasteiger partial charge in [-0.25, -0.2) is 0 Å². The maximum atomic E-state index is 12.4. The van der Waals surface area contributed by atoms with Gasteiger partial charge in [0.25, 0.3) is 0 Å². The molecule has 0 aliphatic heterocycles. The number of amides is 1. The normalized spacial score (nSPS) is 18.0. The fourth-order valence-corrected chi connectivity index (χ4v) is 2.97. The number of carbonyl (C=O) groups excluding carboxylic acids is 1. The van der Waals surface area contributed by atoms with E-state index in [9.17, 15) is 4.79 Å². The van der Waals surface area contributed by atoms with Crippen molar-refractivity contribution < 1.29 is 4.79 Å². The Balaban J connectivity index is 2.37. The van der Waals surface area contributed by atoms with E-state index in [4.69, 9.17) is 5.73 Å². The minimum Gasteiger partial charge on any atom is -0.368 e. The highest BCUT2D eigenvalue weighted by atomic mass is 16.1. The average molecular weight is 289 g/mol. The lowest BCUT2D eigenvalue weighted by atomic mass is 9.87. The van der Waals surface area contributed by atoms with Crippen LogP contribution in [-0.4, -0.2) is 36.0 Å². The van der Waals surface area contributed by atoms with Crippen LogP contribution < -0.4 is 11.1 Å². The highest BCUT2D eigenvalue weighted by molar-refractivity contribution is 5.86. The van der Waals surface area contributed by atoms with Crippen molar-refractivity contribution in [2.45, 2.75) is 51.2 Å². The van der Waals surface area contributed by atoms with Crippen molar-refractivity contribution in [3.63, 3.8) is 0 Å². The van der Waals surface area contributed by atoms with E-state index in [0.717, 1.165) is 12.1 Å². The Bertz CT molecular complexity index is 470. The van der Waals surface area contributed by atoms with E-state index >= 15 is 0 Å². The average Bonchev–Trinajstić information content (AvgIpc) is 3.28. The molecule has 21 heavy (non-hydrogen) atoms. The highest BCUT2D eigenvalue weighted by Gasteiger charge is 2.43. The molecule has 4 nitrogen and oxygen atoms in total. The van der Waals surface area contributed by atoms with Gasteiger partial charge in [-0.1, -0.05) is 37.3 Å². The maximum absolute atomic E-state index is 12.4. The molecule has 1 aromatic rings. The van der Waals surface area contributed by atoms with Crippen LogP contribution in [0.4, 0.5) is 0 Å². The first kappa shape index (κ1) is 16.0. The van der Waals surface area contributed by atoms with Crippen LogP contribution in [0, 0.1) is 0 Å². The van der Waals surface area contributed by atoms with Crippen molar-refractivity contribution in [1.29, 1.82) is 0 Å². The molecular weight excluding hydrogens is 262 g/mol. The lowest BCUT2D eigenvalue weighted by Crippen LogP contribution is -2.61. The zero-order chi connectivity index (χ0) is 15.5. The number of rotatable bonds is 8. The molecule has 1 aromatic carbocycles. The Hall–Kier alpha value is -1.39. The summed E-state index contributed by atoms with van der Waals surface area (Å²) in [7, 11) is 0. The van der Waals surface area contributed by atoms with Crippen molar-refractivity contribution >= 4 is 5.91 Å². The van der Waals surface area contributed by atoms with E-state index < -0.39 is 5.54 Å².